The van der Waals surface area contributed by atoms with Crippen LogP contribution in [0.3, 0.4) is 0 Å². The Labute approximate surface area is 135 Å². The number of benzene rings is 1. The van der Waals surface area contributed by atoms with Crippen molar-refractivity contribution in [1.82, 2.24) is 0 Å². The second kappa shape index (κ2) is 7.74. The van der Waals surface area contributed by atoms with Crippen molar-refractivity contribution >= 4 is 11.9 Å². The van der Waals surface area contributed by atoms with Crippen LogP contribution in [0.5, 0.6) is 0 Å². The molecule has 1 aliphatic heterocycles. The lowest BCUT2D eigenvalue weighted by atomic mass is 10.1. The summed E-state index contributed by atoms with van der Waals surface area (Å²) in [7, 11) is 0. The maximum absolute atomic E-state index is 12.1. The van der Waals surface area contributed by atoms with Crippen molar-refractivity contribution in [3.05, 3.63) is 59.4 Å². The number of rotatable bonds is 7. The first-order chi connectivity index (χ1) is 11.0. The van der Waals surface area contributed by atoms with Crippen LogP contribution in [-0.2, 0) is 30.2 Å². The van der Waals surface area contributed by atoms with E-state index in [1.54, 1.807) is 13.8 Å². The van der Waals surface area contributed by atoms with Crippen molar-refractivity contribution in [2.75, 3.05) is 13.2 Å². The molecule has 0 N–H and O–H groups in total. The number of ether oxygens (including phenoxy) is 3. The van der Waals surface area contributed by atoms with E-state index in [1.165, 1.54) is 0 Å². The summed E-state index contributed by atoms with van der Waals surface area (Å²) in [5, 5.41) is 0. The summed E-state index contributed by atoms with van der Waals surface area (Å²) in [5.74, 6) is -0.805. The molecule has 0 aliphatic carbocycles. The number of allylic oxidation sites excluding steroid dienone is 1. The summed E-state index contributed by atoms with van der Waals surface area (Å²) < 4.78 is 15.5. The molecular weight excluding hydrogens is 296 g/mol. The summed E-state index contributed by atoms with van der Waals surface area (Å²) >= 11 is 0. The smallest absolute Gasteiger partial charge is 0.338 e. The van der Waals surface area contributed by atoms with Gasteiger partial charge in [0.25, 0.3) is 0 Å². The minimum atomic E-state index is -0.561. The Morgan fingerprint density at radius 3 is 2.43 bits per heavy atom. The van der Waals surface area contributed by atoms with Gasteiger partial charge in [0.1, 0.15) is 18.5 Å². The van der Waals surface area contributed by atoms with E-state index in [9.17, 15) is 9.59 Å². The molecule has 1 unspecified atom stereocenters. The van der Waals surface area contributed by atoms with Crippen LogP contribution in [0.4, 0.5) is 0 Å². The molecule has 1 heterocycles. The van der Waals surface area contributed by atoms with Crippen LogP contribution in [-0.4, -0.2) is 31.3 Å². The van der Waals surface area contributed by atoms with Gasteiger partial charge in [-0.15, -0.1) is 0 Å². The molecule has 1 aliphatic rings. The molecule has 2 rings (SSSR count). The quantitative estimate of drug-likeness (QED) is 0.335. The van der Waals surface area contributed by atoms with Gasteiger partial charge in [-0.1, -0.05) is 36.9 Å². The second-order valence-electron chi connectivity index (χ2n) is 5.43. The third-order valence-electron chi connectivity index (χ3n) is 3.30. The standard InChI is InChI=1S/C18H20O5/c1-12(2)17(19)23-16(9-14-7-5-4-6-8-14)13(3)18(20)22-11-15-10-21-15/h4-8,15H,1,9-11H2,2-3H3/b16-13-. The highest BCUT2D eigenvalue weighted by molar-refractivity contribution is 5.91. The van der Waals surface area contributed by atoms with Gasteiger partial charge in [-0.3, -0.25) is 0 Å². The van der Waals surface area contributed by atoms with Crippen molar-refractivity contribution in [2.24, 2.45) is 0 Å². The van der Waals surface area contributed by atoms with Crippen molar-refractivity contribution in [2.45, 2.75) is 26.4 Å². The van der Waals surface area contributed by atoms with Gasteiger partial charge in [0.05, 0.1) is 12.2 Å². The molecule has 0 spiro atoms. The SMILES string of the molecule is C=C(C)C(=O)O/C(Cc1ccccc1)=C(/C)C(=O)OCC1CO1. The molecule has 0 amide bonds. The Hall–Kier alpha value is -2.40. The Kier molecular flexibility index (Phi) is 5.71. The number of hydrogen-bond donors (Lipinski definition) is 0. The molecule has 1 atom stereocenters. The molecule has 0 aromatic heterocycles. The fraction of sp³-hybridized carbons (Fsp3) is 0.333. The second-order valence-corrected chi connectivity index (χ2v) is 5.43. The first kappa shape index (κ1) is 17.0. The zero-order chi connectivity index (χ0) is 16.8. The van der Waals surface area contributed by atoms with Gasteiger partial charge in [-0.2, -0.15) is 0 Å². The molecule has 1 saturated heterocycles. The third-order valence-corrected chi connectivity index (χ3v) is 3.30. The summed E-state index contributed by atoms with van der Waals surface area (Å²) in [4.78, 5) is 23.9. The van der Waals surface area contributed by atoms with Gasteiger partial charge in [0, 0.05) is 12.0 Å². The molecule has 5 nitrogen and oxygen atoms in total. The maximum Gasteiger partial charge on any atom is 0.338 e. The van der Waals surface area contributed by atoms with Crippen LogP contribution in [0.1, 0.15) is 19.4 Å². The van der Waals surface area contributed by atoms with E-state index in [0.29, 0.717) is 13.0 Å². The number of carbonyl (C=O) groups excluding carboxylic acids is 2. The monoisotopic (exact) mass is 316 g/mol. The van der Waals surface area contributed by atoms with E-state index in [0.717, 1.165) is 5.56 Å². The van der Waals surface area contributed by atoms with Gasteiger partial charge in [-0.05, 0) is 19.4 Å². The van der Waals surface area contributed by atoms with Crippen molar-refractivity contribution in [3.63, 3.8) is 0 Å². The first-order valence-electron chi connectivity index (χ1n) is 7.37. The number of esters is 2. The maximum atomic E-state index is 12.1. The number of carbonyl (C=O) groups is 2. The Morgan fingerprint density at radius 2 is 1.87 bits per heavy atom. The van der Waals surface area contributed by atoms with E-state index in [2.05, 4.69) is 6.58 Å². The van der Waals surface area contributed by atoms with E-state index < -0.39 is 11.9 Å². The molecule has 23 heavy (non-hydrogen) atoms. The van der Waals surface area contributed by atoms with E-state index in [4.69, 9.17) is 14.2 Å². The molecule has 0 radical (unpaired) electrons. The first-order valence-corrected chi connectivity index (χ1v) is 7.37. The lowest BCUT2D eigenvalue weighted by molar-refractivity contribution is -0.140. The van der Waals surface area contributed by atoms with Gasteiger partial charge in [0.2, 0.25) is 0 Å². The van der Waals surface area contributed by atoms with Crippen LogP contribution < -0.4 is 0 Å². The highest BCUT2D eigenvalue weighted by Crippen LogP contribution is 2.17. The number of hydrogen-bond acceptors (Lipinski definition) is 5. The summed E-state index contributed by atoms with van der Waals surface area (Å²) in [6.45, 7) is 7.52. The lowest BCUT2D eigenvalue weighted by Crippen LogP contribution is -2.16. The van der Waals surface area contributed by atoms with E-state index >= 15 is 0 Å². The average Bonchev–Trinajstić information content (AvgIpc) is 3.36. The normalized spacial score (nSPS) is 17.0. The van der Waals surface area contributed by atoms with Crippen LogP contribution in [0.2, 0.25) is 0 Å². The highest BCUT2D eigenvalue weighted by Gasteiger charge is 2.25. The fourth-order valence-corrected chi connectivity index (χ4v) is 1.78. The van der Waals surface area contributed by atoms with Gasteiger partial charge in [-0.25, -0.2) is 9.59 Å². The van der Waals surface area contributed by atoms with Crippen molar-refractivity contribution in [3.8, 4) is 0 Å². The van der Waals surface area contributed by atoms with E-state index in [-0.39, 0.29) is 29.6 Å². The zero-order valence-corrected chi connectivity index (χ0v) is 13.3. The fourth-order valence-electron chi connectivity index (χ4n) is 1.78. The van der Waals surface area contributed by atoms with Crippen molar-refractivity contribution in [1.29, 1.82) is 0 Å². The molecule has 5 heteroatoms. The minimum absolute atomic E-state index is 0.0118. The predicted octanol–water partition coefficient (Wildman–Crippen LogP) is 2.56. The van der Waals surface area contributed by atoms with Gasteiger partial charge < -0.3 is 14.2 Å². The zero-order valence-electron chi connectivity index (χ0n) is 13.3. The molecule has 1 fully saturated rings. The third kappa shape index (κ3) is 5.38. The van der Waals surface area contributed by atoms with Crippen LogP contribution in [0, 0.1) is 0 Å². The minimum Gasteiger partial charge on any atom is -0.459 e. The molecular formula is C18H20O5. The molecule has 1 aromatic carbocycles. The van der Waals surface area contributed by atoms with Gasteiger partial charge >= 0.3 is 11.9 Å². The summed E-state index contributed by atoms with van der Waals surface area (Å²) in [6.07, 6.45) is 0.308. The lowest BCUT2D eigenvalue weighted by Gasteiger charge is -2.13. The van der Waals surface area contributed by atoms with Crippen LogP contribution >= 0.6 is 0 Å². The van der Waals surface area contributed by atoms with Gasteiger partial charge in [0.15, 0.2) is 0 Å². The van der Waals surface area contributed by atoms with Crippen LogP contribution in [0.15, 0.2) is 53.8 Å². The molecule has 1 aromatic rings. The Morgan fingerprint density at radius 1 is 1.22 bits per heavy atom. The molecule has 0 saturated carbocycles. The topological polar surface area (TPSA) is 65.1 Å². The summed E-state index contributed by atoms with van der Waals surface area (Å²) in [6, 6.07) is 9.44. The van der Waals surface area contributed by atoms with E-state index in [1.807, 2.05) is 30.3 Å². The average molecular weight is 316 g/mol. The predicted molar refractivity (Wildman–Crippen MR) is 84.5 cm³/mol. The Bertz CT molecular complexity index is 626. The summed E-state index contributed by atoms with van der Waals surface area (Å²) in [5.41, 5.74) is 1.46. The Balaban J connectivity index is 2.15. The van der Waals surface area contributed by atoms with Crippen molar-refractivity contribution < 1.29 is 23.8 Å². The molecule has 0 bridgehead atoms. The van der Waals surface area contributed by atoms with Crippen LogP contribution in [0.25, 0.3) is 0 Å². The molecule has 122 valence electrons. The largest absolute Gasteiger partial charge is 0.459 e. The highest BCUT2D eigenvalue weighted by atomic mass is 16.6. The number of epoxide rings is 1.